The third-order valence-electron chi connectivity index (χ3n) is 3.44. The van der Waals surface area contributed by atoms with E-state index in [-0.39, 0.29) is 6.23 Å². The molecule has 94 valence electrons. The lowest BCUT2D eigenvalue weighted by atomic mass is 10.1. The van der Waals surface area contributed by atoms with Gasteiger partial charge in [-0.25, -0.2) is 4.68 Å². The molecule has 2 heterocycles. The zero-order valence-electron chi connectivity index (χ0n) is 10.7. The Hall–Kier alpha value is -1.61. The molecule has 3 nitrogen and oxygen atoms in total. The molecule has 2 aromatic rings. The van der Waals surface area contributed by atoms with Crippen LogP contribution in [0.15, 0.2) is 36.7 Å². The Morgan fingerprint density at radius 1 is 1.17 bits per heavy atom. The molecule has 18 heavy (non-hydrogen) atoms. The first kappa shape index (κ1) is 11.5. The fraction of sp³-hybridized carbons (Fsp3) is 0.400. The lowest BCUT2D eigenvalue weighted by Crippen LogP contribution is -2.18. The Balaban J connectivity index is 1.82. The topological polar surface area (TPSA) is 27.1 Å². The molecule has 1 aliphatic rings. The molecule has 1 saturated heterocycles. The summed E-state index contributed by atoms with van der Waals surface area (Å²) in [6, 6.07) is 8.53. The van der Waals surface area contributed by atoms with Crippen molar-refractivity contribution in [2.45, 2.75) is 32.4 Å². The van der Waals surface area contributed by atoms with Crippen molar-refractivity contribution in [2.24, 2.45) is 0 Å². The summed E-state index contributed by atoms with van der Waals surface area (Å²) in [5, 5.41) is 4.43. The van der Waals surface area contributed by atoms with E-state index in [2.05, 4.69) is 42.5 Å². The number of hydrogen-bond acceptors (Lipinski definition) is 2. The molecule has 1 fully saturated rings. The average Bonchev–Trinajstić information content (AvgIpc) is 2.90. The highest BCUT2D eigenvalue weighted by Gasteiger charge is 2.16. The van der Waals surface area contributed by atoms with E-state index in [1.54, 1.807) is 0 Å². The fourth-order valence-electron chi connectivity index (χ4n) is 2.32. The Bertz CT molecular complexity index is 510. The molecule has 0 saturated carbocycles. The minimum Gasteiger partial charge on any atom is -0.357 e. The lowest BCUT2D eigenvalue weighted by Gasteiger charge is -2.22. The van der Waals surface area contributed by atoms with Gasteiger partial charge < -0.3 is 4.74 Å². The van der Waals surface area contributed by atoms with Gasteiger partial charge in [0.15, 0.2) is 0 Å². The van der Waals surface area contributed by atoms with Gasteiger partial charge in [-0.15, -0.1) is 0 Å². The van der Waals surface area contributed by atoms with E-state index in [0.29, 0.717) is 0 Å². The second kappa shape index (κ2) is 4.94. The minimum atomic E-state index is 0.123. The first-order valence-electron chi connectivity index (χ1n) is 6.56. The molecule has 1 aromatic heterocycles. The normalized spacial score (nSPS) is 19.9. The number of rotatable bonds is 2. The number of benzene rings is 1. The molecule has 1 aromatic carbocycles. The van der Waals surface area contributed by atoms with Crippen LogP contribution in [0, 0.1) is 6.92 Å². The van der Waals surface area contributed by atoms with Crippen LogP contribution in [0.3, 0.4) is 0 Å². The maximum atomic E-state index is 5.73. The van der Waals surface area contributed by atoms with Crippen molar-refractivity contribution in [3.05, 3.63) is 42.2 Å². The van der Waals surface area contributed by atoms with Crippen molar-refractivity contribution >= 4 is 0 Å². The van der Waals surface area contributed by atoms with E-state index in [1.165, 1.54) is 24.0 Å². The smallest absolute Gasteiger partial charge is 0.150 e. The molecular formula is C15H18N2O. The van der Waals surface area contributed by atoms with Crippen molar-refractivity contribution in [3.63, 3.8) is 0 Å². The van der Waals surface area contributed by atoms with Gasteiger partial charge in [-0.05, 0) is 31.7 Å². The molecule has 0 aliphatic carbocycles. The van der Waals surface area contributed by atoms with Crippen LogP contribution >= 0.6 is 0 Å². The Kier molecular flexibility index (Phi) is 3.15. The van der Waals surface area contributed by atoms with E-state index >= 15 is 0 Å². The first-order chi connectivity index (χ1) is 8.83. The van der Waals surface area contributed by atoms with Crippen LogP contribution in [-0.2, 0) is 4.74 Å². The van der Waals surface area contributed by atoms with E-state index < -0.39 is 0 Å². The van der Waals surface area contributed by atoms with E-state index in [1.807, 2.05) is 10.9 Å². The molecule has 1 atom stereocenters. The molecular weight excluding hydrogens is 224 g/mol. The van der Waals surface area contributed by atoms with Crippen molar-refractivity contribution in [3.8, 4) is 11.1 Å². The number of ether oxygens (including phenoxy) is 1. The number of aryl methyl sites for hydroxylation is 1. The van der Waals surface area contributed by atoms with Crippen molar-refractivity contribution in [1.29, 1.82) is 0 Å². The fourth-order valence-corrected chi connectivity index (χ4v) is 2.32. The maximum Gasteiger partial charge on any atom is 0.150 e. The van der Waals surface area contributed by atoms with Crippen LogP contribution in [0.1, 0.15) is 31.1 Å². The number of hydrogen-bond donors (Lipinski definition) is 0. The van der Waals surface area contributed by atoms with E-state index in [0.717, 1.165) is 18.6 Å². The highest BCUT2D eigenvalue weighted by molar-refractivity contribution is 5.61. The number of aromatic nitrogens is 2. The van der Waals surface area contributed by atoms with Gasteiger partial charge in [0.25, 0.3) is 0 Å². The predicted molar refractivity (Wildman–Crippen MR) is 71.2 cm³/mol. The van der Waals surface area contributed by atoms with Gasteiger partial charge in [0.1, 0.15) is 6.23 Å². The first-order valence-corrected chi connectivity index (χ1v) is 6.56. The van der Waals surface area contributed by atoms with E-state index in [4.69, 9.17) is 4.74 Å². The monoisotopic (exact) mass is 242 g/mol. The van der Waals surface area contributed by atoms with Crippen molar-refractivity contribution < 1.29 is 4.74 Å². The van der Waals surface area contributed by atoms with Crippen LogP contribution in [-0.4, -0.2) is 16.4 Å². The summed E-state index contributed by atoms with van der Waals surface area (Å²) in [5.74, 6) is 0. The number of nitrogens with zero attached hydrogens (tertiary/aromatic N) is 2. The highest BCUT2D eigenvalue weighted by atomic mass is 16.5. The Morgan fingerprint density at radius 2 is 2.00 bits per heavy atom. The summed E-state index contributed by atoms with van der Waals surface area (Å²) in [6.45, 7) is 2.95. The molecule has 0 N–H and O–H groups in total. The third kappa shape index (κ3) is 2.31. The zero-order valence-corrected chi connectivity index (χ0v) is 10.7. The Morgan fingerprint density at radius 3 is 2.72 bits per heavy atom. The standard InChI is InChI=1S/C15H18N2O/c1-12-5-7-13(8-6-12)14-10-16-17(11-14)15-4-2-3-9-18-15/h5-8,10-11,15H,2-4,9H2,1H3. The molecule has 1 aliphatic heterocycles. The summed E-state index contributed by atoms with van der Waals surface area (Å²) < 4.78 is 7.69. The lowest BCUT2D eigenvalue weighted by molar-refractivity contribution is -0.0394. The summed E-state index contributed by atoms with van der Waals surface area (Å²) in [4.78, 5) is 0. The van der Waals surface area contributed by atoms with Gasteiger partial charge in [-0.3, -0.25) is 0 Å². The predicted octanol–water partition coefficient (Wildman–Crippen LogP) is 3.56. The average molecular weight is 242 g/mol. The molecule has 0 bridgehead atoms. The largest absolute Gasteiger partial charge is 0.357 e. The molecule has 3 rings (SSSR count). The summed E-state index contributed by atoms with van der Waals surface area (Å²) in [7, 11) is 0. The zero-order chi connectivity index (χ0) is 12.4. The minimum absolute atomic E-state index is 0.123. The van der Waals surface area contributed by atoms with Gasteiger partial charge in [0.2, 0.25) is 0 Å². The maximum absolute atomic E-state index is 5.73. The SMILES string of the molecule is Cc1ccc(-c2cnn(C3CCCCO3)c2)cc1. The third-order valence-corrected chi connectivity index (χ3v) is 3.44. The second-order valence-electron chi connectivity index (χ2n) is 4.90. The summed E-state index contributed by atoms with van der Waals surface area (Å²) in [6.07, 6.45) is 7.59. The van der Waals surface area contributed by atoms with Crippen LogP contribution < -0.4 is 0 Å². The highest BCUT2D eigenvalue weighted by Crippen LogP contribution is 2.25. The summed E-state index contributed by atoms with van der Waals surface area (Å²) in [5.41, 5.74) is 3.65. The van der Waals surface area contributed by atoms with Crippen LogP contribution in [0.2, 0.25) is 0 Å². The van der Waals surface area contributed by atoms with Gasteiger partial charge in [0.05, 0.1) is 6.20 Å². The van der Waals surface area contributed by atoms with Crippen molar-refractivity contribution in [1.82, 2.24) is 9.78 Å². The molecule has 0 radical (unpaired) electrons. The van der Waals surface area contributed by atoms with Gasteiger partial charge >= 0.3 is 0 Å². The van der Waals surface area contributed by atoms with E-state index in [9.17, 15) is 0 Å². The van der Waals surface area contributed by atoms with Crippen LogP contribution in [0.25, 0.3) is 11.1 Å². The van der Waals surface area contributed by atoms with Gasteiger partial charge in [-0.1, -0.05) is 29.8 Å². The molecule has 0 amide bonds. The summed E-state index contributed by atoms with van der Waals surface area (Å²) >= 11 is 0. The quantitative estimate of drug-likeness (QED) is 0.805. The molecule has 1 unspecified atom stereocenters. The second-order valence-corrected chi connectivity index (χ2v) is 4.90. The van der Waals surface area contributed by atoms with Crippen LogP contribution in [0.4, 0.5) is 0 Å². The van der Waals surface area contributed by atoms with Crippen molar-refractivity contribution in [2.75, 3.05) is 6.61 Å². The van der Waals surface area contributed by atoms with Gasteiger partial charge in [-0.2, -0.15) is 5.10 Å². The van der Waals surface area contributed by atoms with Crippen LogP contribution in [0.5, 0.6) is 0 Å². The molecule has 3 heteroatoms. The Labute approximate surface area is 107 Å². The van der Waals surface area contributed by atoms with Gasteiger partial charge in [0, 0.05) is 18.4 Å². The molecule has 0 spiro atoms.